The van der Waals surface area contributed by atoms with E-state index in [1.165, 1.54) is 57.8 Å². The molecule has 1 aromatic rings. The van der Waals surface area contributed by atoms with E-state index in [0.717, 1.165) is 69.2 Å². The number of carboxylic acids is 1. The highest BCUT2D eigenvalue weighted by Crippen LogP contribution is 2.26. The fraction of sp³-hybridized carbons (Fsp3) is 0.714. The Balaban J connectivity index is 2.18. The number of nitrogens with zero attached hydrogens (tertiary/aromatic N) is 1. The summed E-state index contributed by atoms with van der Waals surface area (Å²) in [5.74, 6) is -1.56. The van der Waals surface area contributed by atoms with Crippen LogP contribution in [0.1, 0.15) is 136 Å². The minimum absolute atomic E-state index is 0.0758. The van der Waals surface area contributed by atoms with E-state index in [1.807, 2.05) is 6.07 Å². The van der Waals surface area contributed by atoms with E-state index < -0.39 is 11.9 Å². The predicted octanol–water partition coefficient (Wildman–Crippen LogP) is 7.36. The molecule has 0 saturated carbocycles. The quantitative estimate of drug-likeness (QED) is 0.247. The number of hydroxylamine groups is 2. The minimum Gasteiger partial charge on any atom is -0.478 e. The van der Waals surface area contributed by atoms with Gasteiger partial charge >= 0.3 is 11.9 Å². The molecule has 1 saturated heterocycles. The number of carbonyl (C=O) groups is 2. The van der Waals surface area contributed by atoms with E-state index in [-0.39, 0.29) is 11.1 Å². The zero-order valence-electron chi connectivity index (χ0n) is 21.0. The van der Waals surface area contributed by atoms with Gasteiger partial charge in [-0.15, -0.1) is 5.06 Å². The number of aromatic carboxylic acids is 1. The normalized spacial score (nSPS) is 14.0. The summed E-state index contributed by atoms with van der Waals surface area (Å²) in [5, 5.41) is 11.5. The Morgan fingerprint density at radius 2 is 1.36 bits per heavy atom. The van der Waals surface area contributed by atoms with Crippen molar-refractivity contribution in [1.29, 1.82) is 0 Å². The van der Waals surface area contributed by atoms with Gasteiger partial charge in [0.2, 0.25) is 0 Å². The van der Waals surface area contributed by atoms with Crippen molar-refractivity contribution in [2.75, 3.05) is 13.1 Å². The van der Waals surface area contributed by atoms with Crippen molar-refractivity contribution in [3.05, 3.63) is 34.4 Å². The van der Waals surface area contributed by atoms with Crippen molar-refractivity contribution in [2.24, 2.45) is 0 Å². The zero-order valence-corrected chi connectivity index (χ0v) is 21.0. The van der Waals surface area contributed by atoms with Gasteiger partial charge in [-0.3, -0.25) is 0 Å². The van der Waals surface area contributed by atoms with E-state index in [0.29, 0.717) is 0 Å². The van der Waals surface area contributed by atoms with Crippen molar-refractivity contribution >= 4 is 11.9 Å². The Kier molecular flexibility index (Phi) is 13.2. The van der Waals surface area contributed by atoms with E-state index >= 15 is 0 Å². The maximum atomic E-state index is 13.2. The molecule has 1 aliphatic heterocycles. The lowest BCUT2D eigenvalue weighted by molar-refractivity contribution is -0.0929. The standard InChI is InChI=1S/C28H45NO4/c1-3-5-7-9-11-13-17-23-19-20-25(27(30)31)26(28(32)33-29-21-15-16-22-29)24(23)18-14-12-10-8-6-4-2/h19-20H,3-18,21-22H2,1-2H3,(H,30,31). The molecular weight excluding hydrogens is 414 g/mol. The number of aryl methyl sites for hydroxylation is 1. The number of carbonyl (C=O) groups excluding carboxylic acids is 1. The van der Waals surface area contributed by atoms with Gasteiger partial charge in [0.05, 0.1) is 11.1 Å². The van der Waals surface area contributed by atoms with Gasteiger partial charge in [-0.05, 0) is 55.7 Å². The Hall–Kier alpha value is -1.88. The molecule has 0 aromatic heterocycles. The van der Waals surface area contributed by atoms with Gasteiger partial charge in [0.15, 0.2) is 0 Å². The first kappa shape index (κ1) is 27.4. The van der Waals surface area contributed by atoms with Crippen LogP contribution in [0.2, 0.25) is 0 Å². The summed E-state index contributed by atoms with van der Waals surface area (Å²) in [4.78, 5) is 30.9. The van der Waals surface area contributed by atoms with E-state index in [4.69, 9.17) is 4.84 Å². The molecule has 1 heterocycles. The smallest absolute Gasteiger partial charge is 0.358 e. The maximum Gasteiger partial charge on any atom is 0.358 e. The number of carboxylic acid groups (broad SMARTS) is 1. The van der Waals surface area contributed by atoms with Gasteiger partial charge in [0, 0.05) is 13.1 Å². The Bertz CT molecular complexity index is 725. The molecule has 0 aliphatic carbocycles. The van der Waals surface area contributed by atoms with Crippen LogP contribution in [0.3, 0.4) is 0 Å². The number of hydrogen-bond acceptors (Lipinski definition) is 4. The van der Waals surface area contributed by atoms with Gasteiger partial charge in [-0.25, -0.2) is 9.59 Å². The molecule has 0 bridgehead atoms. The summed E-state index contributed by atoms with van der Waals surface area (Å²) >= 11 is 0. The van der Waals surface area contributed by atoms with Crippen molar-refractivity contribution < 1.29 is 19.5 Å². The summed E-state index contributed by atoms with van der Waals surface area (Å²) in [6, 6.07) is 3.55. The Labute approximate surface area is 200 Å². The van der Waals surface area contributed by atoms with Crippen LogP contribution in [0.25, 0.3) is 0 Å². The van der Waals surface area contributed by atoms with Gasteiger partial charge in [0.25, 0.3) is 0 Å². The molecule has 0 atom stereocenters. The third-order valence-corrected chi connectivity index (χ3v) is 6.70. The highest BCUT2D eigenvalue weighted by Gasteiger charge is 2.27. The first-order chi connectivity index (χ1) is 16.1. The summed E-state index contributed by atoms with van der Waals surface area (Å²) < 4.78 is 0. The fourth-order valence-electron chi connectivity index (χ4n) is 4.74. The molecule has 1 aromatic carbocycles. The zero-order chi connectivity index (χ0) is 23.9. The second kappa shape index (κ2) is 15.9. The summed E-state index contributed by atoms with van der Waals surface area (Å²) in [6.07, 6.45) is 17.9. The molecule has 0 spiro atoms. The third-order valence-electron chi connectivity index (χ3n) is 6.70. The van der Waals surface area contributed by atoms with Crippen molar-refractivity contribution in [3.63, 3.8) is 0 Å². The largest absolute Gasteiger partial charge is 0.478 e. The van der Waals surface area contributed by atoms with Gasteiger partial charge < -0.3 is 9.94 Å². The highest BCUT2D eigenvalue weighted by molar-refractivity contribution is 6.03. The Morgan fingerprint density at radius 1 is 0.818 bits per heavy atom. The minimum atomic E-state index is -1.06. The van der Waals surface area contributed by atoms with Crippen LogP contribution in [0.4, 0.5) is 0 Å². The molecule has 0 unspecified atom stereocenters. The number of hydrogen-bond donors (Lipinski definition) is 1. The molecule has 1 N–H and O–H groups in total. The topological polar surface area (TPSA) is 66.8 Å². The highest BCUT2D eigenvalue weighted by atomic mass is 16.7. The maximum absolute atomic E-state index is 13.2. The van der Waals surface area contributed by atoms with Gasteiger partial charge in [0.1, 0.15) is 0 Å². The van der Waals surface area contributed by atoms with Crippen LogP contribution < -0.4 is 0 Å². The second-order valence-electron chi connectivity index (χ2n) is 9.48. The Morgan fingerprint density at radius 3 is 1.94 bits per heavy atom. The molecule has 1 fully saturated rings. The molecule has 33 heavy (non-hydrogen) atoms. The molecule has 0 amide bonds. The number of benzene rings is 1. The van der Waals surface area contributed by atoms with Gasteiger partial charge in [-0.2, -0.15) is 0 Å². The SMILES string of the molecule is CCCCCCCCc1ccc(C(=O)O)c(C(=O)ON2CCCC2)c1CCCCCCCC. The molecule has 0 radical (unpaired) electrons. The number of unbranched alkanes of at least 4 members (excludes halogenated alkanes) is 10. The first-order valence-corrected chi connectivity index (χ1v) is 13.4. The average Bonchev–Trinajstić information content (AvgIpc) is 3.31. The van der Waals surface area contributed by atoms with Crippen LogP contribution in [-0.2, 0) is 17.7 Å². The summed E-state index contributed by atoms with van der Waals surface area (Å²) in [7, 11) is 0. The number of rotatable bonds is 17. The van der Waals surface area contributed by atoms with E-state index in [2.05, 4.69) is 13.8 Å². The second-order valence-corrected chi connectivity index (χ2v) is 9.48. The van der Waals surface area contributed by atoms with Crippen LogP contribution in [0.15, 0.2) is 12.1 Å². The first-order valence-electron chi connectivity index (χ1n) is 13.4. The van der Waals surface area contributed by atoms with E-state index in [9.17, 15) is 14.7 Å². The fourth-order valence-corrected chi connectivity index (χ4v) is 4.74. The summed E-state index contributed by atoms with van der Waals surface area (Å²) in [5.41, 5.74) is 2.39. The molecule has 1 aliphatic rings. The molecule has 5 nitrogen and oxygen atoms in total. The predicted molar refractivity (Wildman–Crippen MR) is 134 cm³/mol. The molecular formula is C28H45NO4. The molecule has 5 heteroatoms. The van der Waals surface area contributed by atoms with Crippen LogP contribution >= 0.6 is 0 Å². The van der Waals surface area contributed by atoms with Gasteiger partial charge in [-0.1, -0.05) is 84.1 Å². The van der Waals surface area contributed by atoms with Crippen LogP contribution in [-0.4, -0.2) is 35.2 Å². The lowest BCUT2D eigenvalue weighted by atomic mass is 9.89. The lowest BCUT2D eigenvalue weighted by Gasteiger charge is -2.20. The van der Waals surface area contributed by atoms with Crippen molar-refractivity contribution in [1.82, 2.24) is 5.06 Å². The van der Waals surface area contributed by atoms with E-state index in [1.54, 1.807) is 11.1 Å². The van der Waals surface area contributed by atoms with Crippen LogP contribution in [0.5, 0.6) is 0 Å². The lowest BCUT2D eigenvalue weighted by Crippen LogP contribution is -2.26. The average molecular weight is 460 g/mol. The summed E-state index contributed by atoms with van der Waals surface area (Å²) in [6.45, 7) is 5.88. The molecule has 186 valence electrons. The third kappa shape index (κ3) is 9.48. The molecule has 2 rings (SSSR count). The van der Waals surface area contributed by atoms with Crippen molar-refractivity contribution in [3.8, 4) is 0 Å². The van der Waals surface area contributed by atoms with Crippen LogP contribution in [0, 0.1) is 0 Å². The van der Waals surface area contributed by atoms with Crippen molar-refractivity contribution in [2.45, 2.75) is 117 Å². The monoisotopic (exact) mass is 459 g/mol.